The fourth-order valence-electron chi connectivity index (χ4n) is 2.06. The summed E-state index contributed by atoms with van der Waals surface area (Å²) in [6.45, 7) is 7.56. The van der Waals surface area contributed by atoms with Gasteiger partial charge in [0.1, 0.15) is 5.75 Å². The zero-order valence-electron chi connectivity index (χ0n) is 13.6. The average molecular weight is 327 g/mol. The van der Waals surface area contributed by atoms with Crippen LogP contribution in [0.15, 0.2) is 18.2 Å². The van der Waals surface area contributed by atoms with Gasteiger partial charge in [0.15, 0.2) is 0 Å². The first-order valence-corrected chi connectivity index (χ1v) is 7.70. The van der Waals surface area contributed by atoms with Gasteiger partial charge in [-0.15, -0.1) is 12.4 Å². The molecule has 0 radical (unpaired) electrons. The van der Waals surface area contributed by atoms with Crippen LogP contribution in [0.3, 0.4) is 0 Å². The van der Waals surface area contributed by atoms with E-state index in [1.165, 1.54) is 0 Å². The lowest BCUT2D eigenvalue weighted by Gasteiger charge is -2.15. The molecule has 5 heteroatoms. The molecule has 1 amide bonds. The van der Waals surface area contributed by atoms with Gasteiger partial charge in [-0.2, -0.15) is 0 Å². The van der Waals surface area contributed by atoms with E-state index in [1.54, 1.807) is 0 Å². The minimum Gasteiger partial charge on any atom is -0.493 e. The standard InChI is InChI=1S/C17H26N2O2.ClH/c1-12(2)6-9-21-15-10-13(3)4-5-14(15)11-19-16(20)17(18)7-8-17;/h4-5,10,12H,6-9,11,18H2,1-3H3,(H,19,20);1H. The van der Waals surface area contributed by atoms with Crippen molar-refractivity contribution in [2.75, 3.05) is 6.61 Å². The molecule has 1 aromatic carbocycles. The molecule has 3 N–H and O–H groups in total. The highest BCUT2D eigenvalue weighted by molar-refractivity contribution is 5.88. The Kier molecular flexibility index (Phi) is 6.69. The molecule has 0 bridgehead atoms. The molecule has 1 fully saturated rings. The molecule has 1 aromatic rings. The highest BCUT2D eigenvalue weighted by Gasteiger charge is 2.45. The van der Waals surface area contributed by atoms with Crippen molar-refractivity contribution >= 4 is 18.3 Å². The van der Waals surface area contributed by atoms with Gasteiger partial charge in [0.2, 0.25) is 5.91 Å². The fraction of sp³-hybridized carbons (Fsp3) is 0.588. The Hall–Kier alpha value is -1.26. The lowest BCUT2D eigenvalue weighted by atomic mass is 10.1. The van der Waals surface area contributed by atoms with Crippen LogP contribution in [0.1, 0.15) is 44.2 Å². The zero-order valence-corrected chi connectivity index (χ0v) is 14.5. The molecule has 1 aliphatic rings. The summed E-state index contributed by atoms with van der Waals surface area (Å²) in [4.78, 5) is 11.9. The molecule has 1 aliphatic carbocycles. The Morgan fingerprint density at radius 2 is 2.09 bits per heavy atom. The number of aryl methyl sites for hydroxylation is 1. The summed E-state index contributed by atoms with van der Waals surface area (Å²) in [5, 5.41) is 2.92. The molecule has 0 aliphatic heterocycles. The summed E-state index contributed by atoms with van der Waals surface area (Å²) in [5.41, 5.74) is 7.42. The summed E-state index contributed by atoms with van der Waals surface area (Å²) in [6, 6.07) is 6.07. The monoisotopic (exact) mass is 326 g/mol. The SMILES string of the molecule is Cc1ccc(CNC(=O)C2(N)CC2)c(OCCC(C)C)c1.Cl. The molecular weight excluding hydrogens is 300 g/mol. The smallest absolute Gasteiger partial charge is 0.240 e. The normalized spacial score (nSPS) is 15.1. The van der Waals surface area contributed by atoms with E-state index in [0.29, 0.717) is 19.1 Å². The zero-order chi connectivity index (χ0) is 15.5. The number of carbonyl (C=O) groups excluding carboxylic acids is 1. The Balaban J connectivity index is 0.00000242. The van der Waals surface area contributed by atoms with E-state index in [1.807, 2.05) is 25.1 Å². The lowest BCUT2D eigenvalue weighted by Crippen LogP contribution is -2.42. The predicted octanol–water partition coefficient (Wildman–Crippen LogP) is 2.95. The van der Waals surface area contributed by atoms with Gasteiger partial charge >= 0.3 is 0 Å². The summed E-state index contributed by atoms with van der Waals surface area (Å²) in [5.74, 6) is 1.42. The minimum atomic E-state index is -0.622. The number of rotatable bonds is 7. The Bertz CT molecular complexity index is 513. The second-order valence-corrected chi connectivity index (χ2v) is 6.48. The number of ether oxygens (including phenoxy) is 1. The first-order chi connectivity index (χ1) is 9.90. The molecule has 4 nitrogen and oxygen atoms in total. The van der Waals surface area contributed by atoms with Crippen molar-refractivity contribution in [2.24, 2.45) is 11.7 Å². The second kappa shape index (κ2) is 7.84. The topological polar surface area (TPSA) is 64.4 Å². The third-order valence-corrected chi connectivity index (χ3v) is 3.86. The molecular formula is C17H27ClN2O2. The molecule has 1 saturated carbocycles. The average Bonchev–Trinajstić information content (AvgIpc) is 3.16. The van der Waals surface area contributed by atoms with Crippen molar-refractivity contribution in [3.8, 4) is 5.75 Å². The lowest BCUT2D eigenvalue weighted by molar-refractivity contribution is -0.123. The molecule has 22 heavy (non-hydrogen) atoms. The van der Waals surface area contributed by atoms with E-state index in [0.717, 1.165) is 36.1 Å². The molecule has 124 valence electrons. The van der Waals surface area contributed by atoms with Crippen LogP contribution in [0.5, 0.6) is 5.75 Å². The van der Waals surface area contributed by atoms with Gasteiger partial charge in [-0.05, 0) is 43.7 Å². The van der Waals surface area contributed by atoms with E-state index in [2.05, 4.69) is 19.2 Å². The number of benzene rings is 1. The maximum absolute atomic E-state index is 11.9. The van der Waals surface area contributed by atoms with Crippen LogP contribution in [-0.4, -0.2) is 18.1 Å². The van der Waals surface area contributed by atoms with Crippen LogP contribution in [-0.2, 0) is 11.3 Å². The number of amides is 1. The highest BCUT2D eigenvalue weighted by Crippen LogP contribution is 2.32. The fourth-order valence-corrected chi connectivity index (χ4v) is 2.06. The number of hydrogen-bond acceptors (Lipinski definition) is 3. The number of nitrogens with two attached hydrogens (primary N) is 1. The Morgan fingerprint density at radius 3 is 2.68 bits per heavy atom. The molecule has 0 spiro atoms. The van der Waals surface area contributed by atoms with Gasteiger partial charge in [0.25, 0.3) is 0 Å². The summed E-state index contributed by atoms with van der Waals surface area (Å²) in [7, 11) is 0. The minimum absolute atomic E-state index is 0. The van der Waals surface area contributed by atoms with E-state index in [4.69, 9.17) is 10.5 Å². The van der Waals surface area contributed by atoms with Crippen LogP contribution in [0.2, 0.25) is 0 Å². The van der Waals surface area contributed by atoms with Gasteiger partial charge in [-0.3, -0.25) is 4.79 Å². The third kappa shape index (κ3) is 5.18. The van der Waals surface area contributed by atoms with Crippen molar-refractivity contribution in [1.29, 1.82) is 0 Å². The largest absolute Gasteiger partial charge is 0.493 e. The van der Waals surface area contributed by atoms with Gasteiger partial charge in [-0.25, -0.2) is 0 Å². The number of nitrogens with one attached hydrogen (secondary N) is 1. The Morgan fingerprint density at radius 1 is 1.41 bits per heavy atom. The van der Waals surface area contributed by atoms with Crippen LogP contribution >= 0.6 is 12.4 Å². The van der Waals surface area contributed by atoms with Gasteiger partial charge in [0, 0.05) is 12.1 Å². The first-order valence-electron chi connectivity index (χ1n) is 7.70. The molecule has 0 atom stereocenters. The second-order valence-electron chi connectivity index (χ2n) is 6.48. The molecule has 0 unspecified atom stereocenters. The van der Waals surface area contributed by atoms with Gasteiger partial charge < -0.3 is 15.8 Å². The van der Waals surface area contributed by atoms with Crippen molar-refractivity contribution in [3.05, 3.63) is 29.3 Å². The van der Waals surface area contributed by atoms with Crippen molar-refractivity contribution < 1.29 is 9.53 Å². The van der Waals surface area contributed by atoms with Crippen molar-refractivity contribution in [2.45, 2.75) is 52.1 Å². The van der Waals surface area contributed by atoms with E-state index in [-0.39, 0.29) is 18.3 Å². The Labute approximate surface area is 139 Å². The van der Waals surface area contributed by atoms with E-state index in [9.17, 15) is 4.79 Å². The van der Waals surface area contributed by atoms with Gasteiger partial charge in [0.05, 0.1) is 12.1 Å². The first kappa shape index (κ1) is 18.8. The third-order valence-electron chi connectivity index (χ3n) is 3.86. The number of halogens is 1. The molecule has 0 saturated heterocycles. The van der Waals surface area contributed by atoms with Crippen molar-refractivity contribution in [1.82, 2.24) is 5.32 Å². The van der Waals surface area contributed by atoms with E-state index < -0.39 is 5.54 Å². The molecule has 2 rings (SSSR count). The summed E-state index contributed by atoms with van der Waals surface area (Å²) < 4.78 is 5.88. The highest BCUT2D eigenvalue weighted by atomic mass is 35.5. The van der Waals surface area contributed by atoms with Crippen LogP contribution in [0.4, 0.5) is 0 Å². The maximum Gasteiger partial charge on any atom is 0.240 e. The maximum atomic E-state index is 11.9. The molecule has 0 aromatic heterocycles. The van der Waals surface area contributed by atoms with Gasteiger partial charge in [-0.1, -0.05) is 26.0 Å². The number of carbonyl (C=O) groups is 1. The van der Waals surface area contributed by atoms with Crippen LogP contribution in [0, 0.1) is 12.8 Å². The summed E-state index contributed by atoms with van der Waals surface area (Å²) >= 11 is 0. The quantitative estimate of drug-likeness (QED) is 0.809. The molecule has 0 heterocycles. The van der Waals surface area contributed by atoms with Crippen molar-refractivity contribution in [3.63, 3.8) is 0 Å². The van der Waals surface area contributed by atoms with Crippen LogP contribution in [0.25, 0.3) is 0 Å². The van der Waals surface area contributed by atoms with E-state index >= 15 is 0 Å². The number of hydrogen-bond donors (Lipinski definition) is 2. The van der Waals surface area contributed by atoms with Crippen LogP contribution < -0.4 is 15.8 Å². The summed E-state index contributed by atoms with van der Waals surface area (Å²) in [6.07, 6.45) is 2.58. The predicted molar refractivity (Wildman–Crippen MR) is 91.4 cm³/mol.